The van der Waals surface area contributed by atoms with Gasteiger partial charge in [-0.1, -0.05) is 65.3 Å². The Balaban J connectivity index is 1.90. The molecule has 2 aromatic carbocycles. The van der Waals surface area contributed by atoms with E-state index in [1.54, 1.807) is 0 Å². The van der Waals surface area contributed by atoms with Crippen molar-refractivity contribution in [3.05, 3.63) is 70.2 Å². The highest BCUT2D eigenvalue weighted by molar-refractivity contribution is 9.10. The second-order valence-electron chi connectivity index (χ2n) is 5.65. The van der Waals surface area contributed by atoms with Gasteiger partial charge in [-0.2, -0.15) is 5.10 Å². The first-order chi connectivity index (χ1) is 11.6. The number of amidine groups is 1. The molecule has 0 amide bonds. The second kappa shape index (κ2) is 9.45. The van der Waals surface area contributed by atoms with Crippen molar-refractivity contribution in [1.82, 2.24) is 5.43 Å². The molecule has 128 valence electrons. The van der Waals surface area contributed by atoms with E-state index < -0.39 is 0 Å². The van der Waals surface area contributed by atoms with E-state index in [2.05, 4.69) is 52.4 Å². The predicted octanol–water partition coefficient (Wildman–Crippen LogP) is 4.04. The Bertz CT molecular complexity index is 643. The zero-order valence-electron chi connectivity index (χ0n) is 14.1. The summed E-state index contributed by atoms with van der Waals surface area (Å²) in [5.74, 6) is 0.469. The minimum Gasteiger partial charge on any atom is -0.382 e. The van der Waals surface area contributed by atoms with Crippen molar-refractivity contribution in [3.8, 4) is 0 Å². The third kappa shape index (κ3) is 5.65. The lowest BCUT2D eigenvalue weighted by Gasteiger charge is -2.23. The molecule has 0 spiro atoms. The topological polar surface area (TPSA) is 59.6 Å². The molecule has 0 heterocycles. The maximum absolute atomic E-state index is 6.04. The average molecular weight is 390 g/mol. The van der Waals surface area contributed by atoms with Crippen molar-refractivity contribution in [2.24, 2.45) is 10.8 Å². The van der Waals surface area contributed by atoms with Gasteiger partial charge in [0.1, 0.15) is 0 Å². The van der Waals surface area contributed by atoms with Crippen molar-refractivity contribution < 1.29 is 4.74 Å². The molecule has 0 fully saturated rings. The SMILES string of the molecule is CCC(NN=C(N)c1ccc(Br)cc1)C(C)OCc1ccccc1. The molecule has 0 saturated heterocycles. The van der Waals surface area contributed by atoms with E-state index in [1.807, 2.05) is 42.5 Å². The van der Waals surface area contributed by atoms with Crippen molar-refractivity contribution in [2.75, 3.05) is 0 Å². The lowest BCUT2D eigenvalue weighted by molar-refractivity contribution is 0.0263. The van der Waals surface area contributed by atoms with Crippen molar-refractivity contribution in [3.63, 3.8) is 0 Å². The van der Waals surface area contributed by atoms with Crippen LogP contribution in [0.15, 0.2) is 64.2 Å². The van der Waals surface area contributed by atoms with Crippen LogP contribution in [0.1, 0.15) is 31.4 Å². The van der Waals surface area contributed by atoms with E-state index in [4.69, 9.17) is 10.5 Å². The van der Waals surface area contributed by atoms with E-state index >= 15 is 0 Å². The van der Waals surface area contributed by atoms with Gasteiger partial charge in [-0.15, -0.1) is 0 Å². The van der Waals surface area contributed by atoms with Gasteiger partial charge in [-0.05, 0) is 31.0 Å². The van der Waals surface area contributed by atoms with Crippen LogP contribution in [0.3, 0.4) is 0 Å². The van der Waals surface area contributed by atoms with Gasteiger partial charge in [0.15, 0.2) is 5.84 Å². The Morgan fingerprint density at radius 1 is 1.17 bits per heavy atom. The third-order valence-electron chi connectivity index (χ3n) is 3.85. The summed E-state index contributed by atoms with van der Waals surface area (Å²) in [5.41, 5.74) is 11.2. The van der Waals surface area contributed by atoms with Gasteiger partial charge in [-0.3, -0.25) is 0 Å². The first-order valence-electron chi connectivity index (χ1n) is 8.10. The van der Waals surface area contributed by atoms with Gasteiger partial charge in [0.05, 0.1) is 18.8 Å². The van der Waals surface area contributed by atoms with E-state index in [1.165, 1.54) is 0 Å². The van der Waals surface area contributed by atoms with Crippen LogP contribution in [0.5, 0.6) is 0 Å². The Morgan fingerprint density at radius 3 is 2.46 bits per heavy atom. The molecule has 0 aliphatic carbocycles. The van der Waals surface area contributed by atoms with Crippen LogP contribution < -0.4 is 11.2 Å². The normalized spacial score (nSPS) is 14.2. The highest BCUT2D eigenvalue weighted by Crippen LogP contribution is 2.11. The van der Waals surface area contributed by atoms with Crippen LogP contribution in [0.4, 0.5) is 0 Å². The molecule has 3 N–H and O–H groups in total. The van der Waals surface area contributed by atoms with Crippen LogP contribution in [0, 0.1) is 0 Å². The molecule has 2 rings (SSSR count). The van der Waals surface area contributed by atoms with Gasteiger partial charge in [-0.25, -0.2) is 0 Å². The lowest BCUT2D eigenvalue weighted by Crippen LogP contribution is -2.37. The molecule has 2 unspecified atom stereocenters. The number of hydrogen-bond donors (Lipinski definition) is 2. The fourth-order valence-corrected chi connectivity index (χ4v) is 2.55. The molecule has 0 aliphatic rings. The van der Waals surface area contributed by atoms with Crippen LogP contribution >= 0.6 is 15.9 Å². The quantitative estimate of drug-likeness (QED) is 0.406. The van der Waals surface area contributed by atoms with Gasteiger partial charge < -0.3 is 15.9 Å². The summed E-state index contributed by atoms with van der Waals surface area (Å²) in [5, 5.41) is 4.32. The highest BCUT2D eigenvalue weighted by Gasteiger charge is 2.15. The van der Waals surface area contributed by atoms with Crippen LogP contribution in [-0.4, -0.2) is 18.0 Å². The summed E-state index contributed by atoms with van der Waals surface area (Å²) in [6.45, 7) is 4.74. The fraction of sp³-hybridized carbons (Fsp3) is 0.316. The molecular weight excluding hydrogens is 366 g/mol. The van der Waals surface area contributed by atoms with E-state index in [0.717, 1.165) is 22.0 Å². The highest BCUT2D eigenvalue weighted by atomic mass is 79.9. The zero-order valence-corrected chi connectivity index (χ0v) is 15.7. The summed E-state index contributed by atoms with van der Waals surface area (Å²) >= 11 is 3.41. The number of nitrogens with one attached hydrogen (secondary N) is 1. The summed E-state index contributed by atoms with van der Waals surface area (Å²) in [6, 6.07) is 18.0. The van der Waals surface area contributed by atoms with Crippen LogP contribution in [0.25, 0.3) is 0 Å². The van der Waals surface area contributed by atoms with Crippen LogP contribution in [0.2, 0.25) is 0 Å². The number of benzene rings is 2. The molecule has 0 radical (unpaired) electrons. The van der Waals surface area contributed by atoms with Gasteiger partial charge in [0, 0.05) is 10.0 Å². The molecule has 0 aromatic heterocycles. The first-order valence-corrected chi connectivity index (χ1v) is 8.89. The largest absolute Gasteiger partial charge is 0.382 e. The number of nitrogens with zero attached hydrogens (tertiary/aromatic N) is 1. The van der Waals surface area contributed by atoms with Gasteiger partial charge in [0.25, 0.3) is 0 Å². The molecule has 0 saturated carbocycles. The molecule has 2 atom stereocenters. The van der Waals surface area contributed by atoms with Crippen molar-refractivity contribution in [1.29, 1.82) is 0 Å². The average Bonchev–Trinajstić information content (AvgIpc) is 2.61. The molecule has 5 heteroatoms. The number of ether oxygens (including phenoxy) is 1. The Hall–Kier alpha value is -1.85. The van der Waals surface area contributed by atoms with Gasteiger partial charge in [0.2, 0.25) is 0 Å². The van der Waals surface area contributed by atoms with E-state index in [9.17, 15) is 0 Å². The molecule has 0 bridgehead atoms. The molecular formula is C19H24BrN3O. The van der Waals surface area contributed by atoms with Crippen molar-refractivity contribution >= 4 is 21.8 Å². The summed E-state index contributed by atoms with van der Waals surface area (Å²) in [7, 11) is 0. The van der Waals surface area contributed by atoms with Gasteiger partial charge >= 0.3 is 0 Å². The number of hydrazone groups is 1. The third-order valence-corrected chi connectivity index (χ3v) is 4.38. The maximum atomic E-state index is 6.04. The molecule has 0 aliphatic heterocycles. The summed E-state index contributed by atoms with van der Waals surface area (Å²) < 4.78 is 6.97. The Kier molecular flexibility index (Phi) is 7.28. The number of halogens is 1. The fourth-order valence-electron chi connectivity index (χ4n) is 2.28. The monoisotopic (exact) mass is 389 g/mol. The number of nitrogens with two attached hydrogens (primary N) is 1. The molecule has 4 nitrogen and oxygen atoms in total. The minimum atomic E-state index is 0.0247. The number of rotatable bonds is 8. The number of hydrogen-bond acceptors (Lipinski definition) is 3. The lowest BCUT2D eigenvalue weighted by atomic mass is 10.1. The smallest absolute Gasteiger partial charge is 0.150 e. The minimum absolute atomic E-state index is 0.0247. The Labute approximate surface area is 152 Å². The summed E-state index contributed by atoms with van der Waals surface area (Å²) in [6.07, 6.45) is 0.921. The summed E-state index contributed by atoms with van der Waals surface area (Å²) in [4.78, 5) is 0. The van der Waals surface area contributed by atoms with Crippen LogP contribution in [-0.2, 0) is 11.3 Å². The first kappa shape index (κ1) is 18.5. The molecule has 2 aromatic rings. The second-order valence-corrected chi connectivity index (χ2v) is 6.57. The predicted molar refractivity (Wildman–Crippen MR) is 103 cm³/mol. The van der Waals surface area contributed by atoms with Crippen molar-refractivity contribution in [2.45, 2.75) is 39.0 Å². The van der Waals surface area contributed by atoms with E-state index in [-0.39, 0.29) is 12.1 Å². The van der Waals surface area contributed by atoms with E-state index in [0.29, 0.717) is 12.4 Å². The maximum Gasteiger partial charge on any atom is 0.150 e. The Morgan fingerprint density at radius 2 is 1.83 bits per heavy atom. The zero-order chi connectivity index (χ0) is 17.4. The standard InChI is InChI=1S/C19H24BrN3O/c1-3-18(14(2)24-13-15-7-5-4-6-8-15)22-23-19(21)16-9-11-17(20)12-10-16/h4-12,14,18,22H,3,13H2,1-2H3,(H2,21,23). The molecule has 24 heavy (non-hydrogen) atoms.